The van der Waals surface area contributed by atoms with E-state index in [-0.39, 0.29) is 12.1 Å². The van der Waals surface area contributed by atoms with Crippen LogP contribution in [-0.4, -0.2) is 35.2 Å². The van der Waals surface area contributed by atoms with Crippen LogP contribution in [0.1, 0.15) is 57.6 Å². The Hall–Kier alpha value is -1.55. The van der Waals surface area contributed by atoms with Gasteiger partial charge in [0.05, 0.1) is 6.61 Å². The number of rotatable bonds is 8. The third-order valence-electron chi connectivity index (χ3n) is 4.39. The van der Waals surface area contributed by atoms with Gasteiger partial charge in [-0.05, 0) is 38.8 Å². The number of hydrogen-bond donors (Lipinski definition) is 1. The Morgan fingerprint density at radius 3 is 2.86 bits per heavy atom. The van der Waals surface area contributed by atoms with Crippen LogP contribution >= 0.6 is 0 Å². The van der Waals surface area contributed by atoms with E-state index in [0.717, 1.165) is 50.0 Å². The molecular formula is C18H27NO3. The molecule has 1 heterocycles. The molecule has 1 aromatic carbocycles. The predicted molar refractivity (Wildman–Crippen MR) is 87.2 cm³/mol. The quantitative estimate of drug-likeness (QED) is 0.792. The van der Waals surface area contributed by atoms with Crippen molar-refractivity contribution in [1.29, 1.82) is 0 Å². The topological polar surface area (TPSA) is 49.8 Å². The zero-order valence-corrected chi connectivity index (χ0v) is 13.6. The molecule has 0 aromatic heterocycles. The van der Waals surface area contributed by atoms with Crippen molar-refractivity contribution in [3.63, 3.8) is 0 Å². The minimum absolute atomic E-state index is 0.131. The van der Waals surface area contributed by atoms with Gasteiger partial charge in [0.25, 0.3) is 0 Å². The highest BCUT2D eigenvalue weighted by Crippen LogP contribution is 2.37. The van der Waals surface area contributed by atoms with Gasteiger partial charge in [-0.1, -0.05) is 38.0 Å². The van der Waals surface area contributed by atoms with Crippen molar-refractivity contribution in [2.24, 2.45) is 0 Å². The van der Waals surface area contributed by atoms with E-state index in [4.69, 9.17) is 4.74 Å². The van der Waals surface area contributed by atoms with Crippen molar-refractivity contribution in [2.75, 3.05) is 13.2 Å². The highest BCUT2D eigenvalue weighted by atomic mass is 16.5. The molecule has 0 aliphatic carbocycles. The van der Waals surface area contributed by atoms with Crippen molar-refractivity contribution >= 4 is 5.97 Å². The number of carboxylic acids is 1. The second-order valence-electron chi connectivity index (χ2n) is 5.86. The van der Waals surface area contributed by atoms with Gasteiger partial charge in [-0.2, -0.15) is 0 Å². The Morgan fingerprint density at radius 2 is 2.18 bits per heavy atom. The average Bonchev–Trinajstić information content (AvgIpc) is 2.99. The van der Waals surface area contributed by atoms with E-state index in [1.807, 2.05) is 25.1 Å². The van der Waals surface area contributed by atoms with Crippen molar-refractivity contribution in [3.05, 3.63) is 29.8 Å². The molecule has 1 aromatic rings. The van der Waals surface area contributed by atoms with Crippen LogP contribution in [0.4, 0.5) is 0 Å². The van der Waals surface area contributed by atoms with Gasteiger partial charge in [-0.15, -0.1) is 0 Å². The van der Waals surface area contributed by atoms with Crippen LogP contribution in [-0.2, 0) is 4.79 Å². The SMILES string of the molecule is CCCCC(c1ccccc1OCC)N1CCCC1C(=O)O. The molecule has 122 valence electrons. The lowest BCUT2D eigenvalue weighted by Gasteiger charge is -2.32. The molecule has 1 aliphatic rings. The van der Waals surface area contributed by atoms with Crippen LogP contribution < -0.4 is 4.74 Å². The number of nitrogens with zero attached hydrogens (tertiary/aromatic N) is 1. The molecule has 2 atom stereocenters. The summed E-state index contributed by atoms with van der Waals surface area (Å²) in [5.41, 5.74) is 1.13. The first kappa shape index (κ1) is 16.8. The highest BCUT2D eigenvalue weighted by molar-refractivity contribution is 5.74. The van der Waals surface area contributed by atoms with Gasteiger partial charge in [0.2, 0.25) is 0 Å². The number of unbranched alkanes of at least 4 members (excludes halogenated alkanes) is 1. The maximum atomic E-state index is 11.6. The zero-order chi connectivity index (χ0) is 15.9. The largest absolute Gasteiger partial charge is 0.494 e. The molecule has 0 radical (unpaired) electrons. The second kappa shape index (κ2) is 8.18. The molecule has 22 heavy (non-hydrogen) atoms. The van der Waals surface area contributed by atoms with Gasteiger partial charge < -0.3 is 9.84 Å². The number of carbonyl (C=O) groups is 1. The molecular weight excluding hydrogens is 278 g/mol. The maximum absolute atomic E-state index is 11.6. The molecule has 2 unspecified atom stereocenters. The summed E-state index contributed by atoms with van der Waals surface area (Å²) in [4.78, 5) is 13.7. The maximum Gasteiger partial charge on any atom is 0.320 e. The van der Waals surface area contributed by atoms with Crippen molar-refractivity contribution in [1.82, 2.24) is 4.90 Å². The molecule has 1 fully saturated rings. The van der Waals surface area contributed by atoms with Gasteiger partial charge in [0.1, 0.15) is 11.8 Å². The lowest BCUT2D eigenvalue weighted by atomic mass is 9.97. The number of carboxylic acid groups (broad SMARTS) is 1. The normalized spacial score (nSPS) is 20.0. The number of para-hydroxylation sites is 1. The number of likely N-dealkylation sites (tertiary alicyclic amines) is 1. The van der Waals surface area contributed by atoms with Crippen LogP contribution in [0.3, 0.4) is 0 Å². The molecule has 4 heteroatoms. The Kier molecular flexibility index (Phi) is 6.25. The molecule has 1 saturated heterocycles. The van der Waals surface area contributed by atoms with E-state index in [2.05, 4.69) is 17.9 Å². The van der Waals surface area contributed by atoms with Gasteiger partial charge in [0, 0.05) is 11.6 Å². The van der Waals surface area contributed by atoms with Gasteiger partial charge >= 0.3 is 5.97 Å². The Labute approximate surface area is 133 Å². The zero-order valence-electron chi connectivity index (χ0n) is 13.6. The molecule has 4 nitrogen and oxygen atoms in total. The summed E-state index contributed by atoms with van der Waals surface area (Å²) in [6.07, 6.45) is 4.88. The summed E-state index contributed by atoms with van der Waals surface area (Å²) >= 11 is 0. The van der Waals surface area contributed by atoms with E-state index in [1.54, 1.807) is 0 Å². The van der Waals surface area contributed by atoms with Gasteiger partial charge in [0.15, 0.2) is 0 Å². The van der Waals surface area contributed by atoms with Crippen LogP contribution in [0, 0.1) is 0 Å². The van der Waals surface area contributed by atoms with E-state index in [1.165, 1.54) is 0 Å². The molecule has 0 amide bonds. The van der Waals surface area contributed by atoms with Crippen LogP contribution in [0.15, 0.2) is 24.3 Å². The summed E-state index contributed by atoms with van der Waals surface area (Å²) in [6.45, 7) is 5.63. The fourth-order valence-corrected chi connectivity index (χ4v) is 3.37. The Balaban J connectivity index is 2.31. The fraction of sp³-hybridized carbons (Fsp3) is 0.611. The lowest BCUT2D eigenvalue weighted by molar-refractivity contribution is -0.143. The summed E-state index contributed by atoms with van der Waals surface area (Å²) in [5, 5.41) is 9.50. The minimum Gasteiger partial charge on any atom is -0.494 e. The lowest BCUT2D eigenvalue weighted by Crippen LogP contribution is -2.39. The van der Waals surface area contributed by atoms with E-state index >= 15 is 0 Å². The van der Waals surface area contributed by atoms with Gasteiger partial charge in [-0.25, -0.2) is 0 Å². The summed E-state index contributed by atoms with van der Waals surface area (Å²) in [5.74, 6) is 0.190. The van der Waals surface area contributed by atoms with Crippen LogP contribution in [0.2, 0.25) is 0 Å². The van der Waals surface area contributed by atoms with Crippen LogP contribution in [0.25, 0.3) is 0 Å². The van der Waals surface area contributed by atoms with E-state index < -0.39 is 5.97 Å². The second-order valence-corrected chi connectivity index (χ2v) is 5.86. The van der Waals surface area contributed by atoms with E-state index in [9.17, 15) is 9.90 Å². The molecule has 0 spiro atoms. The predicted octanol–water partition coefficient (Wildman–Crippen LogP) is 3.87. The molecule has 1 N–H and O–H groups in total. The molecule has 0 bridgehead atoms. The third kappa shape index (κ3) is 3.80. The third-order valence-corrected chi connectivity index (χ3v) is 4.39. The number of ether oxygens (including phenoxy) is 1. The molecule has 2 rings (SSSR count). The first-order valence-electron chi connectivity index (χ1n) is 8.39. The number of hydrogen-bond acceptors (Lipinski definition) is 3. The monoisotopic (exact) mass is 305 g/mol. The first-order chi connectivity index (χ1) is 10.7. The highest BCUT2D eigenvalue weighted by Gasteiger charge is 2.36. The van der Waals surface area contributed by atoms with Crippen molar-refractivity contribution < 1.29 is 14.6 Å². The van der Waals surface area contributed by atoms with Crippen LogP contribution in [0.5, 0.6) is 5.75 Å². The number of aliphatic carboxylic acids is 1. The Morgan fingerprint density at radius 1 is 1.41 bits per heavy atom. The summed E-state index contributed by atoms with van der Waals surface area (Å²) in [6, 6.07) is 7.83. The van der Waals surface area contributed by atoms with Crippen molar-refractivity contribution in [2.45, 2.75) is 58.0 Å². The fourth-order valence-electron chi connectivity index (χ4n) is 3.37. The first-order valence-corrected chi connectivity index (χ1v) is 8.39. The van der Waals surface area contributed by atoms with Gasteiger partial charge in [-0.3, -0.25) is 9.69 Å². The standard InChI is InChI=1S/C18H27NO3/c1-3-5-10-15(19-13-8-11-16(19)18(20)21)14-9-6-7-12-17(14)22-4-2/h6-7,9,12,15-16H,3-5,8,10-11,13H2,1-2H3,(H,20,21). The molecule has 1 aliphatic heterocycles. The van der Waals surface area contributed by atoms with Crippen molar-refractivity contribution in [3.8, 4) is 5.75 Å². The number of benzene rings is 1. The van der Waals surface area contributed by atoms with E-state index in [0.29, 0.717) is 6.61 Å². The Bertz CT molecular complexity index is 489. The minimum atomic E-state index is -0.701. The summed E-state index contributed by atoms with van der Waals surface area (Å²) in [7, 11) is 0. The average molecular weight is 305 g/mol. The molecule has 0 saturated carbocycles. The summed E-state index contributed by atoms with van der Waals surface area (Å²) < 4.78 is 5.78. The smallest absolute Gasteiger partial charge is 0.320 e.